The fourth-order valence-corrected chi connectivity index (χ4v) is 1.12. The normalized spacial score (nSPS) is 11.5. The third kappa shape index (κ3) is 3.92. The minimum Gasteiger partial charge on any atom is -0.735 e. The van der Waals surface area contributed by atoms with Gasteiger partial charge in [0.2, 0.25) is 0 Å². The maximum atomic E-state index is 10.4. The highest BCUT2D eigenvalue weighted by Gasteiger charge is 2.06. The average molecular weight is 176 g/mol. The molecule has 4 nitrogen and oxygen atoms in total. The molecular formula is C6H10NO3S-. The highest BCUT2D eigenvalue weighted by atomic mass is 32.2. The lowest BCUT2D eigenvalue weighted by Crippen LogP contribution is -2.30. The second-order valence-electron chi connectivity index (χ2n) is 1.85. The van der Waals surface area contributed by atoms with Crippen molar-refractivity contribution in [3.05, 3.63) is 25.3 Å². The summed E-state index contributed by atoms with van der Waals surface area (Å²) in [4.78, 5) is 0. The molecule has 0 saturated heterocycles. The molecule has 0 saturated carbocycles. The summed E-state index contributed by atoms with van der Waals surface area (Å²) in [6, 6.07) is 0. The van der Waals surface area contributed by atoms with Gasteiger partial charge in [-0.3, -0.25) is 0 Å². The van der Waals surface area contributed by atoms with Gasteiger partial charge in [-0.05, 0) is 0 Å². The van der Waals surface area contributed by atoms with Crippen LogP contribution in [0.5, 0.6) is 0 Å². The topological polar surface area (TPSA) is 60.4 Å². The van der Waals surface area contributed by atoms with Gasteiger partial charge in [-0.15, -0.1) is 13.2 Å². The Morgan fingerprint density at radius 1 is 1.27 bits per heavy atom. The third-order valence-electron chi connectivity index (χ3n) is 0.982. The highest BCUT2D eigenvalue weighted by molar-refractivity contribution is 7.83. The van der Waals surface area contributed by atoms with Gasteiger partial charge in [0.15, 0.2) is 10.3 Å². The van der Waals surface area contributed by atoms with E-state index >= 15 is 0 Å². The Bertz CT molecular complexity index is 222. The predicted octanol–water partition coefficient (Wildman–Crippen LogP) is 0.121. The lowest BCUT2D eigenvalue weighted by molar-refractivity contribution is 0.375. The smallest absolute Gasteiger partial charge is 0.162 e. The number of hydrogen-bond donors (Lipinski definition) is 0. The molecule has 0 spiro atoms. The van der Waals surface area contributed by atoms with Gasteiger partial charge in [-0.25, -0.2) is 12.7 Å². The summed E-state index contributed by atoms with van der Waals surface area (Å²) in [5, 5.41) is 0. The Morgan fingerprint density at radius 3 is 1.82 bits per heavy atom. The SMILES string of the molecule is C=CCN(CC=C)S(=O)(=O)[O-]. The molecule has 0 bridgehead atoms. The molecular weight excluding hydrogens is 166 g/mol. The second kappa shape index (κ2) is 4.27. The van der Waals surface area contributed by atoms with Crippen molar-refractivity contribution in [2.75, 3.05) is 13.1 Å². The monoisotopic (exact) mass is 176 g/mol. The maximum absolute atomic E-state index is 10.4. The van der Waals surface area contributed by atoms with E-state index in [0.717, 1.165) is 4.31 Å². The van der Waals surface area contributed by atoms with E-state index < -0.39 is 10.3 Å². The zero-order chi connectivity index (χ0) is 8.91. The van der Waals surface area contributed by atoms with Gasteiger partial charge in [-0.2, -0.15) is 0 Å². The first-order chi connectivity index (χ1) is 5.02. The van der Waals surface area contributed by atoms with Crippen LogP contribution < -0.4 is 0 Å². The van der Waals surface area contributed by atoms with Crippen LogP contribution in [0.2, 0.25) is 0 Å². The van der Waals surface area contributed by atoms with Crippen molar-refractivity contribution < 1.29 is 13.0 Å². The molecule has 5 heteroatoms. The van der Waals surface area contributed by atoms with Crippen LogP contribution in [0.3, 0.4) is 0 Å². The number of hydrogen-bond acceptors (Lipinski definition) is 3. The standard InChI is InChI=1S/C6H11NO3S/c1-3-5-7(6-4-2)11(8,9)10/h3-4H,1-2,5-6H2,(H,8,9,10)/p-1. The summed E-state index contributed by atoms with van der Waals surface area (Å²) in [5.41, 5.74) is 0. The lowest BCUT2D eigenvalue weighted by atomic mass is 10.5. The van der Waals surface area contributed by atoms with Crippen molar-refractivity contribution >= 4 is 10.3 Å². The van der Waals surface area contributed by atoms with E-state index in [9.17, 15) is 13.0 Å². The summed E-state index contributed by atoms with van der Waals surface area (Å²) < 4.78 is 31.9. The Balaban J connectivity index is 4.33. The van der Waals surface area contributed by atoms with E-state index in [2.05, 4.69) is 13.2 Å². The first-order valence-corrected chi connectivity index (χ1v) is 4.31. The molecule has 0 unspecified atom stereocenters. The molecule has 0 aliphatic heterocycles. The number of nitrogens with zero attached hydrogens (tertiary/aromatic N) is 1. The molecule has 0 aliphatic carbocycles. The maximum Gasteiger partial charge on any atom is 0.162 e. The van der Waals surface area contributed by atoms with E-state index in [-0.39, 0.29) is 13.1 Å². The molecule has 0 amide bonds. The van der Waals surface area contributed by atoms with Gasteiger partial charge in [0.1, 0.15) is 0 Å². The van der Waals surface area contributed by atoms with E-state index in [1.54, 1.807) is 0 Å². The molecule has 64 valence electrons. The average Bonchev–Trinajstić information content (AvgIpc) is 1.85. The van der Waals surface area contributed by atoms with Crippen LogP contribution in [0.1, 0.15) is 0 Å². The van der Waals surface area contributed by atoms with Crippen molar-refractivity contribution in [1.29, 1.82) is 0 Å². The fourth-order valence-electron chi connectivity index (χ4n) is 0.545. The summed E-state index contributed by atoms with van der Waals surface area (Å²) in [6.45, 7) is 6.69. The Labute approximate surface area is 66.7 Å². The molecule has 0 radical (unpaired) electrons. The fraction of sp³-hybridized carbons (Fsp3) is 0.333. The molecule has 0 atom stereocenters. The Kier molecular flexibility index (Phi) is 4.02. The van der Waals surface area contributed by atoms with Crippen molar-refractivity contribution in [2.45, 2.75) is 0 Å². The predicted molar refractivity (Wildman–Crippen MR) is 41.7 cm³/mol. The summed E-state index contributed by atoms with van der Waals surface area (Å²) in [5.74, 6) is 0. The minimum atomic E-state index is -4.35. The molecule has 11 heavy (non-hydrogen) atoms. The summed E-state index contributed by atoms with van der Waals surface area (Å²) in [6.07, 6.45) is 2.69. The first-order valence-electron chi connectivity index (χ1n) is 2.95. The van der Waals surface area contributed by atoms with Crippen LogP contribution in [0.4, 0.5) is 0 Å². The van der Waals surface area contributed by atoms with E-state index in [1.165, 1.54) is 12.2 Å². The van der Waals surface area contributed by atoms with Crippen molar-refractivity contribution in [2.24, 2.45) is 0 Å². The van der Waals surface area contributed by atoms with E-state index in [1.807, 2.05) is 0 Å². The van der Waals surface area contributed by atoms with E-state index in [0.29, 0.717) is 0 Å². The van der Waals surface area contributed by atoms with Crippen LogP contribution in [0.15, 0.2) is 25.3 Å². The van der Waals surface area contributed by atoms with Gasteiger partial charge < -0.3 is 4.55 Å². The zero-order valence-corrected chi connectivity index (χ0v) is 6.88. The molecule has 0 aromatic carbocycles. The van der Waals surface area contributed by atoms with Gasteiger partial charge >= 0.3 is 0 Å². The lowest BCUT2D eigenvalue weighted by Gasteiger charge is -2.21. The molecule has 0 fully saturated rings. The zero-order valence-electron chi connectivity index (χ0n) is 6.06. The number of rotatable bonds is 5. The van der Waals surface area contributed by atoms with E-state index in [4.69, 9.17) is 0 Å². The van der Waals surface area contributed by atoms with Crippen LogP contribution in [0, 0.1) is 0 Å². The van der Waals surface area contributed by atoms with Crippen LogP contribution in [0.25, 0.3) is 0 Å². The molecule has 0 N–H and O–H groups in total. The molecule has 0 aromatic rings. The van der Waals surface area contributed by atoms with Crippen molar-refractivity contribution in [1.82, 2.24) is 4.31 Å². The summed E-state index contributed by atoms with van der Waals surface area (Å²) in [7, 11) is -4.35. The van der Waals surface area contributed by atoms with Crippen LogP contribution in [-0.4, -0.2) is 30.4 Å². The van der Waals surface area contributed by atoms with Gasteiger partial charge in [-0.1, -0.05) is 12.2 Å². The minimum absolute atomic E-state index is 0.0256. The van der Waals surface area contributed by atoms with Gasteiger partial charge in [0.05, 0.1) is 0 Å². The van der Waals surface area contributed by atoms with Crippen molar-refractivity contribution in [3.63, 3.8) is 0 Å². The molecule has 0 aliphatic rings. The Hall–Kier alpha value is -0.650. The van der Waals surface area contributed by atoms with Crippen LogP contribution in [-0.2, 0) is 10.3 Å². The van der Waals surface area contributed by atoms with Crippen LogP contribution >= 0.6 is 0 Å². The molecule has 0 rings (SSSR count). The van der Waals surface area contributed by atoms with Gasteiger partial charge in [0, 0.05) is 13.1 Å². The Morgan fingerprint density at radius 2 is 1.64 bits per heavy atom. The quantitative estimate of drug-likeness (QED) is 0.441. The molecule has 0 heterocycles. The van der Waals surface area contributed by atoms with Crippen molar-refractivity contribution in [3.8, 4) is 0 Å². The second-order valence-corrected chi connectivity index (χ2v) is 3.22. The first kappa shape index (κ1) is 10.3. The van der Waals surface area contributed by atoms with Gasteiger partial charge in [0.25, 0.3) is 0 Å². The summed E-state index contributed by atoms with van der Waals surface area (Å²) >= 11 is 0. The molecule has 0 aromatic heterocycles. The third-order valence-corrected chi connectivity index (χ3v) is 1.91. The largest absolute Gasteiger partial charge is 0.735 e. The highest BCUT2D eigenvalue weighted by Crippen LogP contribution is 1.95.